The maximum Gasteiger partial charge on any atom is 0.0413 e. The van der Waals surface area contributed by atoms with Crippen LogP contribution in [0.4, 0.5) is 0 Å². The van der Waals surface area contributed by atoms with Gasteiger partial charge >= 0.3 is 0 Å². The summed E-state index contributed by atoms with van der Waals surface area (Å²) in [6, 6.07) is 4.21. The third kappa shape index (κ3) is 2.82. The lowest BCUT2D eigenvalue weighted by Gasteiger charge is -2.25. The van der Waals surface area contributed by atoms with E-state index in [1.165, 1.54) is 31.4 Å². The zero-order valence-corrected chi connectivity index (χ0v) is 11.8. The number of aromatic nitrogens is 1. The van der Waals surface area contributed by atoms with Crippen LogP contribution in [0.3, 0.4) is 0 Å². The van der Waals surface area contributed by atoms with Gasteiger partial charge in [-0.3, -0.25) is 4.98 Å². The van der Waals surface area contributed by atoms with E-state index in [2.05, 4.69) is 49.0 Å². The first-order chi connectivity index (χ1) is 7.24. The Balaban J connectivity index is 2.09. The molecule has 0 aromatic carbocycles. The second-order valence-corrected chi connectivity index (χ2v) is 5.96. The predicted molar refractivity (Wildman–Crippen MR) is 70.3 cm³/mol. The van der Waals surface area contributed by atoms with Gasteiger partial charge in [-0.25, -0.2) is 0 Å². The third-order valence-corrected chi connectivity index (χ3v) is 4.95. The van der Waals surface area contributed by atoms with Crippen LogP contribution >= 0.6 is 31.9 Å². The Hall–Kier alpha value is 0.110. The molecular weight excluding hydrogens is 318 g/mol. The maximum absolute atomic E-state index is 4.47. The van der Waals surface area contributed by atoms with Gasteiger partial charge in [-0.15, -0.1) is 0 Å². The summed E-state index contributed by atoms with van der Waals surface area (Å²) in [5.74, 6) is 0. The SMILES string of the molecule is BrCC1(Cc2ccc(Br)cn2)CCCC1. The Morgan fingerprint density at radius 2 is 2.00 bits per heavy atom. The van der Waals surface area contributed by atoms with Gasteiger partial charge in [-0.05, 0) is 52.7 Å². The fourth-order valence-corrected chi connectivity index (χ4v) is 3.37. The number of alkyl halides is 1. The normalized spacial score (nSPS) is 19.3. The summed E-state index contributed by atoms with van der Waals surface area (Å²) in [4.78, 5) is 4.47. The maximum atomic E-state index is 4.47. The molecule has 0 saturated heterocycles. The van der Waals surface area contributed by atoms with E-state index in [4.69, 9.17) is 0 Å². The molecule has 1 aromatic rings. The standard InChI is InChI=1S/C12H15Br2N/c13-9-12(5-1-2-6-12)7-11-4-3-10(14)8-15-11/h3-4,8H,1-2,5-7,9H2. The number of hydrogen-bond donors (Lipinski definition) is 0. The molecule has 1 aliphatic rings. The van der Waals surface area contributed by atoms with Gasteiger partial charge in [0.15, 0.2) is 0 Å². The minimum atomic E-state index is 0.473. The minimum absolute atomic E-state index is 0.473. The van der Waals surface area contributed by atoms with Crippen LogP contribution in [-0.2, 0) is 6.42 Å². The van der Waals surface area contributed by atoms with E-state index < -0.39 is 0 Å². The van der Waals surface area contributed by atoms with Crippen molar-refractivity contribution >= 4 is 31.9 Å². The molecule has 0 N–H and O–H groups in total. The topological polar surface area (TPSA) is 12.9 Å². The van der Waals surface area contributed by atoms with Crippen molar-refractivity contribution < 1.29 is 0 Å². The van der Waals surface area contributed by atoms with E-state index in [0.29, 0.717) is 5.41 Å². The van der Waals surface area contributed by atoms with Gasteiger partial charge in [0.1, 0.15) is 0 Å². The van der Waals surface area contributed by atoms with Gasteiger partial charge < -0.3 is 0 Å². The van der Waals surface area contributed by atoms with E-state index >= 15 is 0 Å². The largest absolute Gasteiger partial charge is 0.260 e. The molecule has 2 rings (SSSR count). The highest BCUT2D eigenvalue weighted by Gasteiger charge is 2.33. The monoisotopic (exact) mass is 331 g/mol. The van der Waals surface area contributed by atoms with Crippen LogP contribution < -0.4 is 0 Å². The van der Waals surface area contributed by atoms with Crippen LogP contribution in [0.2, 0.25) is 0 Å². The number of halogens is 2. The zero-order chi connectivity index (χ0) is 10.7. The van der Waals surface area contributed by atoms with Gasteiger partial charge in [0.2, 0.25) is 0 Å². The molecule has 3 heteroatoms. The minimum Gasteiger partial charge on any atom is -0.260 e. The van der Waals surface area contributed by atoms with Crippen LogP contribution in [-0.4, -0.2) is 10.3 Å². The summed E-state index contributed by atoms with van der Waals surface area (Å²) in [6.45, 7) is 0. The molecule has 1 saturated carbocycles. The molecule has 0 radical (unpaired) electrons. The van der Waals surface area contributed by atoms with E-state index in [1.54, 1.807) is 0 Å². The number of rotatable bonds is 3. The number of hydrogen-bond acceptors (Lipinski definition) is 1. The Bertz CT molecular complexity index is 315. The van der Waals surface area contributed by atoms with Crippen LogP contribution in [0.1, 0.15) is 31.4 Å². The van der Waals surface area contributed by atoms with Gasteiger partial charge in [0, 0.05) is 21.7 Å². The molecule has 82 valence electrons. The molecule has 0 spiro atoms. The lowest BCUT2D eigenvalue weighted by molar-refractivity contribution is 0.343. The Kier molecular flexibility index (Phi) is 3.83. The quantitative estimate of drug-likeness (QED) is 0.750. The van der Waals surface area contributed by atoms with Crippen molar-refractivity contribution in [3.63, 3.8) is 0 Å². The molecule has 15 heavy (non-hydrogen) atoms. The first-order valence-corrected chi connectivity index (χ1v) is 7.32. The highest BCUT2D eigenvalue weighted by molar-refractivity contribution is 9.10. The van der Waals surface area contributed by atoms with E-state index in [0.717, 1.165) is 16.2 Å². The van der Waals surface area contributed by atoms with Gasteiger partial charge in [-0.2, -0.15) is 0 Å². The number of nitrogens with zero attached hydrogens (tertiary/aromatic N) is 1. The molecular formula is C12H15Br2N. The van der Waals surface area contributed by atoms with Gasteiger partial charge in [0.05, 0.1) is 0 Å². The molecule has 0 aliphatic heterocycles. The molecule has 1 nitrogen and oxygen atoms in total. The smallest absolute Gasteiger partial charge is 0.0413 e. The lowest BCUT2D eigenvalue weighted by Crippen LogP contribution is -2.21. The Labute approximate surface area is 108 Å². The van der Waals surface area contributed by atoms with Crippen molar-refractivity contribution in [2.24, 2.45) is 5.41 Å². The lowest BCUT2D eigenvalue weighted by atomic mass is 9.84. The summed E-state index contributed by atoms with van der Waals surface area (Å²) in [7, 11) is 0. The van der Waals surface area contributed by atoms with Crippen LogP contribution in [0, 0.1) is 5.41 Å². The molecule has 0 atom stereocenters. The van der Waals surface area contributed by atoms with Gasteiger partial charge in [0.25, 0.3) is 0 Å². The first-order valence-electron chi connectivity index (χ1n) is 5.41. The molecule has 0 bridgehead atoms. The first kappa shape index (κ1) is 11.6. The summed E-state index contributed by atoms with van der Waals surface area (Å²) >= 11 is 7.09. The highest BCUT2D eigenvalue weighted by atomic mass is 79.9. The summed E-state index contributed by atoms with van der Waals surface area (Å²) in [5, 5.41) is 1.11. The van der Waals surface area contributed by atoms with Crippen molar-refractivity contribution in [1.29, 1.82) is 0 Å². The average molecular weight is 333 g/mol. The fraction of sp³-hybridized carbons (Fsp3) is 0.583. The predicted octanol–water partition coefficient (Wildman–Crippen LogP) is 4.34. The van der Waals surface area contributed by atoms with E-state index in [-0.39, 0.29) is 0 Å². The van der Waals surface area contributed by atoms with Crippen LogP contribution in [0.5, 0.6) is 0 Å². The van der Waals surface area contributed by atoms with Crippen molar-refractivity contribution in [2.45, 2.75) is 32.1 Å². The Morgan fingerprint density at radius 3 is 2.53 bits per heavy atom. The molecule has 0 amide bonds. The van der Waals surface area contributed by atoms with Crippen molar-refractivity contribution in [2.75, 3.05) is 5.33 Å². The third-order valence-electron chi connectivity index (χ3n) is 3.29. The van der Waals surface area contributed by atoms with Crippen molar-refractivity contribution in [3.05, 3.63) is 28.5 Å². The molecule has 1 aliphatic carbocycles. The van der Waals surface area contributed by atoms with Crippen LogP contribution in [0.15, 0.2) is 22.8 Å². The zero-order valence-electron chi connectivity index (χ0n) is 8.68. The summed E-state index contributed by atoms with van der Waals surface area (Å²) in [6.07, 6.45) is 8.45. The van der Waals surface area contributed by atoms with Crippen molar-refractivity contribution in [3.8, 4) is 0 Å². The van der Waals surface area contributed by atoms with E-state index in [1.807, 2.05) is 6.20 Å². The van der Waals surface area contributed by atoms with E-state index in [9.17, 15) is 0 Å². The summed E-state index contributed by atoms with van der Waals surface area (Å²) in [5.41, 5.74) is 1.69. The molecule has 0 unspecified atom stereocenters. The molecule has 1 aromatic heterocycles. The van der Waals surface area contributed by atoms with Gasteiger partial charge in [-0.1, -0.05) is 28.8 Å². The fourth-order valence-electron chi connectivity index (χ4n) is 2.38. The second-order valence-electron chi connectivity index (χ2n) is 4.49. The second kappa shape index (κ2) is 4.96. The molecule has 1 fully saturated rings. The molecule has 1 heterocycles. The Morgan fingerprint density at radius 1 is 1.27 bits per heavy atom. The summed E-state index contributed by atoms with van der Waals surface area (Å²) < 4.78 is 1.06. The van der Waals surface area contributed by atoms with Crippen LogP contribution in [0.25, 0.3) is 0 Å². The highest BCUT2D eigenvalue weighted by Crippen LogP contribution is 2.42. The van der Waals surface area contributed by atoms with Crippen molar-refractivity contribution in [1.82, 2.24) is 4.98 Å². The number of pyridine rings is 1. The average Bonchev–Trinajstić information content (AvgIpc) is 2.71.